The number of carbonyl (C=O) groups is 1. The first kappa shape index (κ1) is 13.1. The second kappa shape index (κ2) is 6.58. The van der Waals surface area contributed by atoms with Gasteiger partial charge in [-0.15, -0.1) is 0 Å². The van der Waals surface area contributed by atoms with Crippen LogP contribution in [-0.4, -0.2) is 17.4 Å². The molecule has 2 aromatic rings. The summed E-state index contributed by atoms with van der Waals surface area (Å²) in [6.07, 6.45) is 4.23. The number of nitrogens with zero attached hydrogens (tertiary/aromatic N) is 1. The lowest BCUT2D eigenvalue weighted by Crippen LogP contribution is -2.23. The zero-order valence-electron chi connectivity index (χ0n) is 10.8. The van der Waals surface area contributed by atoms with Gasteiger partial charge in [-0.3, -0.25) is 9.78 Å². The van der Waals surface area contributed by atoms with E-state index < -0.39 is 0 Å². The minimum atomic E-state index is -0.212. The molecule has 19 heavy (non-hydrogen) atoms. The highest BCUT2D eigenvalue weighted by atomic mass is 16.3. The van der Waals surface area contributed by atoms with Crippen LogP contribution in [0.15, 0.2) is 41.1 Å². The van der Waals surface area contributed by atoms with Crippen molar-refractivity contribution in [2.45, 2.75) is 19.9 Å². The predicted molar refractivity (Wildman–Crippen MR) is 72.9 cm³/mol. The highest BCUT2D eigenvalue weighted by Gasteiger charge is 2.08. The molecule has 0 aliphatic carbocycles. The lowest BCUT2D eigenvalue weighted by Gasteiger charge is -2.06. The van der Waals surface area contributed by atoms with Gasteiger partial charge in [0, 0.05) is 18.4 Å². The number of hydrogen-bond donors (Lipinski definition) is 2. The van der Waals surface area contributed by atoms with E-state index in [0.717, 1.165) is 18.7 Å². The maximum atomic E-state index is 11.9. The number of rotatable bonds is 6. The average molecular weight is 259 g/mol. The van der Waals surface area contributed by atoms with E-state index in [1.807, 2.05) is 12.1 Å². The van der Waals surface area contributed by atoms with Gasteiger partial charge in [-0.2, -0.15) is 0 Å². The normalized spacial score (nSPS) is 10.2. The lowest BCUT2D eigenvalue weighted by atomic mass is 10.3. The fourth-order valence-corrected chi connectivity index (χ4v) is 1.61. The Balaban J connectivity index is 1.94. The molecule has 0 bridgehead atoms. The van der Waals surface area contributed by atoms with Crippen LogP contribution in [0, 0.1) is 0 Å². The van der Waals surface area contributed by atoms with Gasteiger partial charge in [-0.1, -0.05) is 6.92 Å². The summed E-state index contributed by atoms with van der Waals surface area (Å²) in [5.74, 6) is 0.505. The third-order valence-corrected chi connectivity index (χ3v) is 2.57. The summed E-state index contributed by atoms with van der Waals surface area (Å²) in [4.78, 5) is 16.0. The number of amides is 1. The highest BCUT2D eigenvalue weighted by molar-refractivity contribution is 5.92. The molecule has 5 heteroatoms. The van der Waals surface area contributed by atoms with Crippen molar-refractivity contribution in [2.24, 2.45) is 0 Å². The van der Waals surface area contributed by atoms with E-state index in [0.29, 0.717) is 18.0 Å². The summed E-state index contributed by atoms with van der Waals surface area (Å²) in [5.41, 5.74) is 1.30. The summed E-state index contributed by atoms with van der Waals surface area (Å²) in [5, 5.41) is 5.98. The van der Waals surface area contributed by atoms with Crippen LogP contribution < -0.4 is 10.6 Å². The molecule has 2 N–H and O–H groups in total. The van der Waals surface area contributed by atoms with Gasteiger partial charge in [0.1, 0.15) is 11.5 Å². The van der Waals surface area contributed by atoms with Crippen LogP contribution in [0.2, 0.25) is 0 Å². The van der Waals surface area contributed by atoms with Crippen molar-refractivity contribution in [3.05, 3.63) is 48.2 Å². The van der Waals surface area contributed by atoms with Crippen LogP contribution in [0.5, 0.6) is 0 Å². The number of pyridine rings is 1. The summed E-state index contributed by atoms with van der Waals surface area (Å²) in [7, 11) is 0. The maximum absolute atomic E-state index is 11.9. The fourth-order valence-electron chi connectivity index (χ4n) is 1.61. The molecule has 2 rings (SSSR count). The van der Waals surface area contributed by atoms with Gasteiger partial charge in [0.05, 0.1) is 12.8 Å². The Hall–Kier alpha value is -2.30. The third-order valence-electron chi connectivity index (χ3n) is 2.57. The monoisotopic (exact) mass is 259 g/mol. The van der Waals surface area contributed by atoms with Crippen LogP contribution in [0.3, 0.4) is 0 Å². The third kappa shape index (κ3) is 3.84. The van der Waals surface area contributed by atoms with Gasteiger partial charge in [0.2, 0.25) is 0 Å². The molecule has 100 valence electrons. The molecule has 0 saturated carbocycles. The molecule has 0 atom stereocenters. The van der Waals surface area contributed by atoms with Crippen molar-refractivity contribution in [3.63, 3.8) is 0 Å². The van der Waals surface area contributed by atoms with E-state index >= 15 is 0 Å². The number of hydrogen-bond acceptors (Lipinski definition) is 4. The van der Waals surface area contributed by atoms with Gasteiger partial charge in [0.25, 0.3) is 5.91 Å². The molecule has 2 aromatic heterocycles. The van der Waals surface area contributed by atoms with E-state index in [4.69, 9.17) is 4.42 Å². The van der Waals surface area contributed by atoms with Crippen molar-refractivity contribution < 1.29 is 9.21 Å². The van der Waals surface area contributed by atoms with Crippen LogP contribution in [0.25, 0.3) is 0 Å². The summed E-state index contributed by atoms with van der Waals surface area (Å²) >= 11 is 0. The van der Waals surface area contributed by atoms with Gasteiger partial charge in [0.15, 0.2) is 0 Å². The molecule has 1 amide bonds. The predicted octanol–water partition coefficient (Wildman–Crippen LogP) is 2.43. The summed E-state index contributed by atoms with van der Waals surface area (Å²) < 4.78 is 5.15. The SMILES string of the molecule is CCCNc1ccnc(C(=O)NCc2ccco2)c1. The Bertz CT molecular complexity index is 523. The van der Waals surface area contributed by atoms with E-state index in [1.165, 1.54) is 0 Å². The van der Waals surface area contributed by atoms with Crippen molar-refractivity contribution in [1.82, 2.24) is 10.3 Å². The molecule has 2 heterocycles. The molecule has 5 nitrogen and oxygen atoms in total. The van der Waals surface area contributed by atoms with Gasteiger partial charge < -0.3 is 15.1 Å². The Morgan fingerprint density at radius 2 is 2.32 bits per heavy atom. The van der Waals surface area contributed by atoms with Crippen molar-refractivity contribution in [1.29, 1.82) is 0 Å². The minimum Gasteiger partial charge on any atom is -0.467 e. The van der Waals surface area contributed by atoms with Crippen LogP contribution in [-0.2, 0) is 6.54 Å². The van der Waals surface area contributed by atoms with Gasteiger partial charge in [-0.05, 0) is 30.7 Å². The molecule has 0 spiro atoms. The summed E-state index contributed by atoms with van der Waals surface area (Å²) in [6.45, 7) is 3.32. The quantitative estimate of drug-likeness (QED) is 0.836. The molecule has 0 saturated heterocycles. The second-order valence-corrected chi connectivity index (χ2v) is 4.12. The van der Waals surface area contributed by atoms with Crippen molar-refractivity contribution >= 4 is 11.6 Å². The molecule has 0 aliphatic rings. The summed E-state index contributed by atoms with van der Waals surface area (Å²) in [6, 6.07) is 7.19. The number of carbonyl (C=O) groups excluding carboxylic acids is 1. The average Bonchev–Trinajstić information content (AvgIpc) is 2.96. The van der Waals surface area contributed by atoms with Crippen molar-refractivity contribution in [3.8, 4) is 0 Å². The first-order valence-corrected chi connectivity index (χ1v) is 6.30. The number of aromatic nitrogens is 1. The lowest BCUT2D eigenvalue weighted by molar-refractivity contribution is 0.0943. The van der Waals surface area contributed by atoms with Crippen molar-refractivity contribution in [2.75, 3.05) is 11.9 Å². The second-order valence-electron chi connectivity index (χ2n) is 4.12. The molecular formula is C14H17N3O2. The van der Waals surface area contributed by atoms with E-state index in [-0.39, 0.29) is 5.91 Å². The molecular weight excluding hydrogens is 242 g/mol. The van der Waals surface area contributed by atoms with E-state index in [2.05, 4.69) is 22.5 Å². The minimum absolute atomic E-state index is 0.212. The van der Waals surface area contributed by atoms with Gasteiger partial charge >= 0.3 is 0 Å². The smallest absolute Gasteiger partial charge is 0.270 e. The highest BCUT2D eigenvalue weighted by Crippen LogP contribution is 2.08. The standard InChI is InChI=1S/C14H17N3O2/c1-2-6-15-11-5-7-16-13(9-11)14(18)17-10-12-4-3-8-19-12/h3-5,7-9H,2,6,10H2,1H3,(H,15,16)(H,17,18). The first-order chi connectivity index (χ1) is 9.29. The van der Waals surface area contributed by atoms with Crippen LogP contribution in [0.4, 0.5) is 5.69 Å². The Morgan fingerprint density at radius 3 is 3.05 bits per heavy atom. The largest absolute Gasteiger partial charge is 0.467 e. The first-order valence-electron chi connectivity index (χ1n) is 6.30. The van der Waals surface area contributed by atoms with Crippen LogP contribution >= 0.6 is 0 Å². The number of furan rings is 1. The number of anilines is 1. The molecule has 0 radical (unpaired) electrons. The van der Waals surface area contributed by atoms with E-state index in [1.54, 1.807) is 24.6 Å². The zero-order chi connectivity index (χ0) is 13.5. The Morgan fingerprint density at radius 1 is 1.42 bits per heavy atom. The molecule has 0 aromatic carbocycles. The number of nitrogens with one attached hydrogen (secondary N) is 2. The topological polar surface area (TPSA) is 67.2 Å². The van der Waals surface area contributed by atoms with E-state index in [9.17, 15) is 4.79 Å². The van der Waals surface area contributed by atoms with Crippen LogP contribution in [0.1, 0.15) is 29.6 Å². The molecule has 0 aliphatic heterocycles. The molecule has 0 fully saturated rings. The molecule has 0 unspecified atom stereocenters. The maximum Gasteiger partial charge on any atom is 0.270 e. The van der Waals surface area contributed by atoms with Gasteiger partial charge in [-0.25, -0.2) is 0 Å². The zero-order valence-corrected chi connectivity index (χ0v) is 10.8. The Kier molecular flexibility index (Phi) is 4.55. The Labute approximate surface area is 112 Å². The fraction of sp³-hybridized carbons (Fsp3) is 0.286.